The van der Waals surface area contributed by atoms with Crippen molar-refractivity contribution < 1.29 is 4.79 Å². The summed E-state index contributed by atoms with van der Waals surface area (Å²) in [4.78, 5) is 15.2. The molecular formula is C22H43NO. The highest BCUT2D eigenvalue weighted by atomic mass is 16.2. The molecule has 0 bridgehead atoms. The summed E-state index contributed by atoms with van der Waals surface area (Å²) in [6, 6.07) is 0. The molecule has 0 aliphatic carbocycles. The summed E-state index contributed by atoms with van der Waals surface area (Å²) < 4.78 is 0. The van der Waals surface area contributed by atoms with Gasteiger partial charge in [0.1, 0.15) is 0 Å². The van der Waals surface area contributed by atoms with E-state index in [9.17, 15) is 4.79 Å². The fraction of sp³-hybridized carbons (Fsp3) is 0.955. The number of hydrogen-bond donors (Lipinski definition) is 0. The van der Waals surface area contributed by atoms with E-state index in [4.69, 9.17) is 0 Å². The van der Waals surface area contributed by atoms with Crippen molar-refractivity contribution in [1.29, 1.82) is 0 Å². The summed E-state index contributed by atoms with van der Waals surface area (Å²) in [5.41, 5.74) is 0. The number of carbonyl (C=O) groups excluding carboxylic acids is 1. The van der Waals surface area contributed by atoms with Crippen LogP contribution in [-0.4, -0.2) is 23.9 Å². The topological polar surface area (TPSA) is 20.3 Å². The van der Waals surface area contributed by atoms with E-state index in [0.717, 1.165) is 25.9 Å². The molecule has 1 saturated heterocycles. The van der Waals surface area contributed by atoms with Crippen LogP contribution < -0.4 is 0 Å². The van der Waals surface area contributed by atoms with Crippen molar-refractivity contribution in [3.63, 3.8) is 0 Å². The molecule has 0 aromatic carbocycles. The van der Waals surface area contributed by atoms with E-state index in [-0.39, 0.29) is 0 Å². The lowest BCUT2D eigenvalue weighted by atomic mass is 9.94. The first-order valence-electron chi connectivity index (χ1n) is 11.0. The summed E-state index contributed by atoms with van der Waals surface area (Å²) in [6.45, 7) is 8.84. The molecule has 1 fully saturated rings. The number of amides is 1. The summed E-state index contributed by atoms with van der Waals surface area (Å²) in [5, 5.41) is 0. The SMILES string of the molecule is CCCCCCCCC1CCCCN(CC(CC)CCCC)C1=O. The van der Waals surface area contributed by atoms with Crippen molar-refractivity contribution in [2.45, 2.75) is 111 Å². The van der Waals surface area contributed by atoms with Gasteiger partial charge in [-0.15, -0.1) is 0 Å². The Morgan fingerprint density at radius 1 is 0.958 bits per heavy atom. The van der Waals surface area contributed by atoms with E-state index >= 15 is 0 Å². The van der Waals surface area contributed by atoms with Gasteiger partial charge < -0.3 is 4.90 Å². The third kappa shape index (κ3) is 8.53. The van der Waals surface area contributed by atoms with Gasteiger partial charge >= 0.3 is 0 Å². The Morgan fingerprint density at radius 3 is 2.38 bits per heavy atom. The molecule has 1 aliphatic rings. The fourth-order valence-corrected chi connectivity index (χ4v) is 4.03. The number of hydrogen-bond acceptors (Lipinski definition) is 1. The minimum atomic E-state index is 0.322. The first-order valence-corrected chi connectivity index (χ1v) is 11.0. The van der Waals surface area contributed by atoms with E-state index in [0.29, 0.717) is 17.7 Å². The smallest absolute Gasteiger partial charge is 0.225 e. The molecule has 0 spiro atoms. The van der Waals surface area contributed by atoms with E-state index in [1.54, 1.807) is 0 Å². The molecule has 0 saturated carbocycles. The molecule has 2 heteroatoms. The van der Waals surface area contributed by atoms with Gasteiger partial charge in [0.25, 0.3) is 0 Å². The number of likely N-dealkylation sites (tertiary alicyclic amines) is 1. The molecule has 1 rings (SSSR count). The zero-order valence-electron chi connectivity index (χ0n) is 16.8. The maximum absolute atomic E-state index is 13.0. The lowest BCUT2D eigenvalue weighted by Crippen LogP contribution is -2.38. The van der Waals surface area contributed by atoms with Crippen LogP contribution in [0.15, 0.2) is 0 Å². The van der Waals surface area contributed by atoms with Crippen molar-refractivity contribution in [3.05, 3.63) is 0 Å². The Kier molecular flexibility index (Phi) is 12.3. The molecule has 2 atom stereocenters. The maximum Gasteiger partial charge on any atom is 0.225 e. The standard InChI is InChI=1S/C22H43NO/c1-4-7-9-10-11-12-16-21-17-13-14-18-23(22(21)24)19-20(6-3)15-8-5-2/h20-21H,4-19H2,1-3H3. The lowest BCUT2D eigenvalue weighted by Gasteiger charge is -2.28. The molecule has 1 amide bonds. The van der Waals surface area contributed by atoms with E-state index in [1.807, 2.05) is 0 Å². The van der Waals surface area contributed by atoms with E-state index < -0.39 is 0 Å². The number of unbranched alkanes of at least 4 members (excludes halogenated alkanes) is 6. The van der Waals surface area contributed by atoms with Crippen molar-refractivity contribution in [3.8, 4) is 0 Å². The second-order valence-corrected chi connectivity index (χ2v) is 7.95. The number of nitrogens with zero attached hydrogens (tertiary/aromatic N) is 1. The Hall–Kier alpha value is -0.530. The average Bonchev–Trinajstić information content (AvgIpc) is 2.77. The minimum Gasteiger partial charge on any atom is -0.342 e. The Morgan fingerprint density at radius 2 is 1.67 bits per heavy atom. The summed E-state index contributed by atoms with van der Waals surface area (Å²) >= 11 is 0. The molecule has 24 heavy (non-hydrogen) atoms. The van der Waals surface area contributed by atoms with Crippen molar-refractivity contribution >= 4 is 5.91 Å². The third-order valence-corrected chi connectivity index (χ3v) is 5.82. The minimum absolute atomic E-state index is 0.322. The van der Waals surface area contributed by atoms with Gasteiger partial charge in [0, 0.05) is 19.0 Å². The molecule has 1 heterocycles. The Labute approximate surface area is 151 Å². The second kappa shape index (κ2) is 13.7. The second-order valence-electron chi connectivity index (χ2n) is 7.95. The van der Waals surface area contributed by atoms with Crippen molar-refractivity contribution in [2.24, 2.45) is 11.8 Å². The van der Waals surface area contributed by atoms with Gasteiger partial charge in [0.15, 0.2) is 0 Å². The lowest BCUT2D eigenvalue weighted by molar-refractivity contribution is -0.135. The van der Waals surface area contributed by atoms with Crippen LogP contribution in [0.1, 0.15) is 111 Å². The van der Waals surface area contributed by atoms with E-state index in [1.165, 1.54) is 77.0 Å². The fourth-order valence-electron chi connectivity index (χ4n) is 4.03. The highest BCUT2D eigenvalue weighted by Crippen LogP contribution is 2.25. The van der Waals surface area contributed by atoms with Gasteiger partial charge in [0.05, 0.1) is 0 Å². The summed E-state index contributed by atoms with van der Waals surface area (Å²) in [7, 11) is 0. The van der Waals surface area contributed by atoms with Crippen LogP contribution in [0.4, 0.5) is 0 Å². The Bertz CT molecular complexity index is 315. The van der Waals surface area contributed by atoms with Gasteiger partial charge in [-0.05, 0) is 31.6 Å². The van der Waals surface area contributed by atoms with Gasteiger partial charge in [-0.1, -0.05) is 85.0 Å². The molecule has 1 aliphatic heterocycles. The average molecular weight is 338 g/mol. The van der Waals surface area contributed by atoms with Gasteiger partial charge in [-0.25, -0.2) is 0 Å². The first-order chi connectivity index (χ1) is 11.7. The molecule has 0 aromatic heterocycles. The van der Waals surface area contributed by atoms with Crippen LogP contribution in [0.25, 0.3) is 0 Å². The number of carbonyl (C=O) groups is 1. The summed E-state index contributed by atoms with van der Waals surface area (Å²) in [6.07, 6.45) is 17.8. The molecule has 2 unspecified atom stereocenters. The molecule has 2 nitrogen and oxygen atoms in total. The zero-order chi connectivity index (χ0) is 17.6. The predicted octanol–water partition coefficient (Wildman–Crippen LogP) is 6.58. The van der Waals surface area contributed by atoms with Crippen LogP contribution in [0.2, 0.25) is 0 Å². The van der Waals surface area contributed by atoms with E-state index in [2.05, 4.69) is 25.7 Å². The molecular weight excluding hydrogens is 294 g/mol. The van der Waals surface area contributed by atoms with Gasteiger partial charge in [-0.2, -0.15) is 0 Å². The molecule has 0 radical (unpaired) electrons. The van der Waals surface area contributed by atoms with Crippen LogP contribution in [-0.2, 0) is 4.79 Å². The largest absolute Gasteiger partial charge is 0.342 e. The summed E-state index contributed by atoms with van der Waals surface area (Å²) in [5.74, 6) is 1.51. The molecule has 0 N–H and O–H groups in total. The molecule has 142 valence electrons. The molecule has 0 aromatic rings. The Balaban J connectivity index is 2.39. The maximum atomic E-state index is 13.0. The quantitative estimate of drug-likeness (QED) is 0.347. The number of rotatable bonds is 13. The first kappa shape index (κ1) is 21.5. The van der Waals surface area contributed by atoms with Crippen LogP contribution in [0.5, 0.6) is 0 Å². The van der Waals surface area contributed by atoms with Gasteiger partial charge in [0.2, 0.25) is 5.91 Å². The van der Waals surface area contributed by atoms with Gasteiger partial charge in [-0.3, -0.25) is 4.79 Å². The van der Waals surface area contributed by atoms with Crippen molar-refractivity contribution in [2.75, 3.05) is 13.1 Å². The van der Waals surface area contributed by atoms with Crippen molar-refractivity contribution in [1.82, 2.24) is 4.90 Å². The highest BCUT2D eigenvalue weighted by molar-refractivity contribution is 5.79. The van der Waals surface area contributed by atoms with Crippen LogP contribution in [0.3, 0.4) is 0 Å². The normalized spacial score (nSPS) is 20.2. The zero-order valence-corrected chi connectivity index (χ0v) is 16.8. The monoisotopic (exact) mass is 337 g/mol. The van der Waals surface area contributed by atoms with Crippen LogP contribution in [0, 0.1) is 11.8 Å². The third-order valence-electron chi connectivity index (χ3n) is 5.82. The van der Waals surface area contributed by atoms with Crippen LogP contribution >= 0.6 is 0 Å². The highest BCUT2D eigenvalue weighted by Gasteiger charge is 2.27. The predicted molar refractivity (Wildman–Crippen MR) is 105 cm³/mol.